The number of sulfonamides is 2. The van der Waals surface area contributed by atoms with Crippen LogP contribution < -0.4 is 14.8 Å². The van der Waals surface area contributed by atoms with Crippen LogP contribution in [0.4, 0.5) is 0 Å². The highest BCUT2D eigenvalue weighted by molar-refractivity contribution is 7.89. The molecule has 0 saturated carbocycles. The summed E-state index contributed by atoms with van der Waals surface area (Å²) < 4.78 is 58.2. The third-order valence-corrected chi connectivity index (χ3v) is 8.41. The summed E-state index contributed by atoms with van der Waals surface area (Å²) in [5.74, 6) is -0.343. The number of nitrogens with one attached hydrogen (secondary N) is 2. The number of nitrogens with zero attached hydrogens (tertiary/aromatic N) is 1. The van der Waals surface area contributed by atoms with Crippen molar-refractivity contribution in [3.63, 3.8) is 0 Å². The SMILES string of the molecule is CNS(=O)(=O)c1cc(C(=O)NCc2ccc(S(=O)(=O)N3CCCC3)cc2)ccc1OC. The van der Waals surface area contributed by atoms with Crippen molar-refractivity contribution >= 4 is 26.0 Å². The van der Waals surface area contributed by atoms with Crippen LogP contribution in [0.5, 0.6) is 5.75 Å². The molecule has 0 aromatic heterocycles. The third-order valence-electron chi connectivity index (χ3n) is 5.06. The van der Waals surface area contributed by atoms with Gasteiger partial charge in [0.1, 0.15) is 10.6 Å². The van der Waals surface area contributed by atoms with Gasteiger partial charge in [0.25, 0.3) is 5.91 Å². The molecule has 1 aliphatic rings. The molecule has 1 amide bonds. The van der Waals surface area contributed by atoms with Crippen molar-refractivity contribution in [3.8, 4) is 5.75 Å². The van der Waals surface area contributed by atoms with Crippen molar-refractivity contribution < 1.29 is 26.4 Å². The summed E-state index contributed by atoms with van der Waals surface area (Å²) in [5, 5.41) is 2.71. The number of rotatable bonds is 8. The molecule has 0 bridgehead atoms. The van der Waals surface area contributed by atoms with Crippen LogP contribution >= 0.6 is 0 Å². The van der Waals surface area contributed by atoms with Gasteiger partial charge in [-0.3, -0.25) is 4.79 Å². The molecule has 1 heterocycles. The Bertz CT molecular complexity index is 1160. The number of hydrogen-bond acceptors (Lipinski definition) is 6. The van der Waals surface area contributed by atoms with Crippen molar-refractivity contribution in [2.24, 2.45) is 0 Å². The number of ether oxygens (including phenoxy) is 1. The first-order valence-electron chi connectivity index (χ1n) is 9.68. The molecule has 3 rings (SSSR count). The molecule has 0 aliphatic carbocycles. The van der Waals surface area contributed by atoms with E-state index in [1.165, 1.54) is 48.8 Å². The smallest absolute Gasteiger partial charge is 0.251 e. The molecular weight excluding hydrogens is 442 g/mol. The number of amides is 1. The highest BCUT2D eigenvalue weighted by atomic mass is 32.2. The van der Waals surface area contributed by atoms with Crippen molar-refractivity contribution in [1.82, 2.24) is 14.3 Å². The van der Waals surface area contributed by atoms with E-state index in [0.717, 1.165) is 12.8 Å². The summed E-state index contributed by atoms with van der Waals surface area (Å²) in [6, 6.07) is 10.5. The molecule has 0 spiro atoms. The van der Waals surface area contributed by atoms with Crippen LogP contribution in [0.2, 0.25) is 0 Å². The average molecular weight is 468 g/mol. The summed E-state index contributed by atoms with van der Waals surface area (Å²) in [6.07, 6.45) is 1.73. The maximum atomic E-state index is 12.6. The van der Waals surface area contributed by atoms with Gasteiger partial charge >= 0.3 is 0 Å². The number of methoxy groups -OCH3 is 1. The highest BCUT2D eigenvalue weighted by Gasteiger charge is 2.27. The fourth-order valence-corrected chi connectivity index (χ4v) is 5.71. The van der Waals surface area contributed by atoms with E-state index in [-0.39, 0.29) is 27.6 Å². The van der Waals surface area contributed by atoms with Crippen molar-refractivity contribution in [2.75, 3.05) is 27.2 Å². The molecule has 11 heteroatoms. The summed E-state index contributed by atoms with van der Waals surface area (Å²) in [7, 11) is -4.67. The molecule has 9 nitrogen and oxygen atoms in total. The van der Waals surface area contributed by atoms with Gasteiger partial charge in [0.05, 0.1) is 12.0 Å². The Hall–Kier alpha value is -2.47. The molecule has 168 valence electrons. The maximum Gasteiger partial charge on any atom is 0.251 e. The topological polar surface area (TPSA) is 122 Å². The Morgan fingerprint density at radius 1 is 1.03 bits per heavy atom. The zero-order chi connectivity index (χ0) is 22.6. The Kier molecular flexibility index (Phi) is 6.99. The Morgan fingerprint density at radius 3 is 2.26 bits per heavy atom. The van der Waals surface area contributed by atoms with Crippen LogP contribution in [-0.2, 0) is 26.6 Å². The minimum atomic E-state index is -3.81. The monoisotopic (exact) mass is 467 g/mol. The van der Waals surface area contributed by atoms with Gasteiger partial charge in [0, 0.05) is 25.2 Å². The molecular formula is C20H25N3O6S2. The van der Waals surface area contributed by atoms with Crippen LogP contribution in [0.15, 0.2) is 52.3 Å². The van der Waals surface area contributed by atoms with E-state index in [1.54, 1.807) is 12.1 Å². The van der Waals surface area contributed by atoms with Gasteiger partial charge in [0.15, 0.2) is 0 Å². The zero-order valence-corrected chi connectivity index (χ0v) is 18.9. The molecule has 31 heavy (non-hydrogen) atoms. The highest BCUT2D eigenvalue weighted by Crippen LogP contribution is 2.25. The van der Waals surface area contributed by atoms with Crippen molar-refractivity contribution in [1.29, 1.82) is 0 Å². The van der Waals surface area contributed by atoms with Gasteiger partial charge < -0.3 is 10.1 Å². The minimum Gasteiger partial charge on any atom is -0.495 e. The number of hydrogen-bond donors (Lipinski definition) is 2. The molecule has 2 aromatic carbocycles. The standard InChI is InChI=1S/C20H25N3O6S2/c1-21-30(25,26)19-13-16(7-10-18(19)29-2)20(24)22-14-15-5-8-17(9-6-15)31(27,28)23-11-3-4-12-23/h5-10,13,21H,3-4,11-12,14H2,1-2H3,(H,22,24). The van der Waals surface area contributed by atoms with Gasteiger partial charge in [0.2, 0.25) is 20.0 Å². The van der Waals surface area contributed by atoms with Gasteiger partial charge in [-0.2, -0.15) is 4.31 Å². The third kappa shape index (κ3) is 5.06. The Morgan fingerprint density at radius 2 is 1.68 bits per heavy atom. The van der Waals surface area contributed by atoms with Crippen molar-refractivity contribution in [2.45, 2.75) is 29.2 Å². The first-order chi connectivity index (χ1) is 14.7. The van der Waals surface area contributed by atoms with Crippen LogP contribution in [0.1, 0.15) is 28.8 Å². The second kappa shape index (κ2) is 9.35. The van der Waals surface area contributed by atoms with E-state index in [4.69, 9.17) is 4.74 Å². The number of carbonyl (C=O) groups is 1. The Balaban J connectivity index is 1.70. The van der Waals surface area contributed by atoms with Gasteiger partial charge in [-0.1, -0.05) is 12.1 Å². The van der Waals surface area contributed by atoms with Crippen LogP contribution in [0.25, 0.3) is 0 Å². The largest absolute Gasteiger partial charge is 0.495 e. The second-order valence-electron chi connectivity index (χ2n) is 7.01. The maximum absolute atomic E-state index is 12.6. The number of benzene rings is 2. The van der Waals surface area contributed by atoms with E-state index in [0.29, 0.717) is 18.7 Å². The first kappa shape index (κ1) is 23.2. The lowest BCUT2D eigenvalue weighted by Gasteiger charge is -2.15. The normalized spacial score (nSPS) is 15.0. The van der Waals surface area contributed by atoms with E-state index < -0.39 is 26.0 Å². The zero-order valence-electron chi connectivity index (χ0n) is 17.3. The molecule has 1 fully saturated rings. The van der Waals surface area contributed by atoms with Crippen molar-refractivity contribution in [3.05, 3.63) is 53.6 Å². The molecule has 2 N–H and O–H groups in total. The second-order valence-corrected chi connectivity index (χ2v) is 10.8. The van der Waals surface area contributed by atoms with Crippen LogP contribution in [0, 0.1) is 0 Å². The fourth-order valence-electron chi connectivity index (χ4n) is 3.28. The molecule has 0 unspecified atom stereocenters. The predicted octanol–water partition coefficient (Wildman–Crippen LogP) is 1.32. The summed E-state index contributed by atoms with van der Waals surface area (Å²) in [4.78, 5) is 12.6. The summed E-state index contributed by atoms with van der Waals surface area (Å²) in [6.45, 7) is 1.23. The lowest BCUT2D eigenvalue weighted by atomic mass is 10.2. The summed E-state index contributed by atoms with van der Waals surface area (Å²) >= 11 is 0. The minimum absolute atomic E-state index is 0.126. The lowest BCUT2D eigenvalue weighted by Crippen LogP contribution is -2.28. The molecule has 0 atom stereocenters. The molecule has 1 saturated heterocycles. The van der Waals surface area contributed by atoms with Crippen LogP contribution in [0.3, 0.4) is 0 Å². The first-order valence-corrected chi connectivity index (χ1v) is 12.6. The average Bonchev–Trinajstić information content (AvgIpc) is 3.33. The van der Waals surface area contributed by atoms with E-state index >= 15 is 0 Å². The van der Waals surface area contributed by atoms with Gasteiger partial charge in [-0.25, -0.2) is 21.6 Å². The Labute approximate surface area is 182 Å². The fraction of sp³-hybridized carbons (Fsp3) is 0.350. The molecule has 0 radical (unpaired) electrons. The number of carbonyl (C=O) groups excluding carboxylic acids is 1. The van der Waals surface area contributed by atoms with Gasteiger partial charge in [-0.05, 0) is 55.8 Å². The lowest BCUT2D eigenvalue weighted by molar-refractivity contribution is 0.0950. The predicted molar refractivity (Wildman–Crippen MR) is 115 cm³/mol. The van der Waals surface area contributed by atoms with E-state index in [9.17, 15) is 21.6 Å². The van der Waals surface area contributed by atoms with E-state index in [2.05, 4.69) is 10.0 Å². The summed E-state index contributed by atoms with van der Waals surface area (Å²) in [5.41, 5.74) is 0.869. The quantitative estimate of drug-likeness (QED) is 0.604. The van der Waals surface area contributed by atoms with Gasteiger partial charge in [-0.15, -0.1) is 0 Å². The molecule has 2 aromatic rings. The molecule has 1 aliphatic heterocycles. The van der Waals surface area contributed by atoms with Crippen LogP contribution in [-0.4, -0.2) is 54.3 Å². The van der Waals surface area contributed by atoms with E-state index in [1.807, 2.05) is 0 Å².